The molecule has 2 N–H and O–H groups in total. The van der Waals surface area contributed by atoms with Gasteiger partial charge in [0.1, 0.15) is 0 Å². The molecule has 0 heterocycles. The van der Waals surface area contributed by atoms with E-state index in [-0.39, 0.29) is 8.07 Å². The summed E-state index contributed by atoms with van der Waals surface area (Å²) in [5, 5.41) is 0. The minimum Gasteiger partial charge on any atom is -0.310 e. The Morgan fingerprint density at radius 3 is 1.75 bits per heavy atom. The average Bonchev–Trinajstić information content (AvgIpc) is 1.68. The maximum absolute atomic E-state index is 5.76. The van der Waals surface area contributed by atoms with Crippen LogP contribution in [-0.4, -0.2) is 12.3 Å². The molecule has 0 aromatic carbocycles. The highest BCUT2D eigenvalue weighted by atomic mass is 31.1. The van der Waals surface area contributed by atoms with E-state index in [1.165, 1.54) is 25.2 Å². The van der Waals surface area contributed by atoms with E-state index in [2.05, 4.69) is 13.8 Å². The molecule has 0 spiro atoms. The Balaban J connectivity index is 2.92. The molecule has 0 aliphatic rings. The van der Waals surface area contributed by atoms with Gasteiger partial charge in [-0.25, -0.2) is 0 Å². The lowest BCUT2D eigenvalue weighted by Crippen LogP contribution is -1.96. The van der Waals surface area contributed by atoms with Gasteiger partial charge in [0.05, 0.1) is 0 Å². The van der Waals surface area contributed by atoms with Gasteiger partial charge in [-0.1, -0.05) is 26.7 Å². The van der Waals surface area contributed by atoms with Crippen LogP contribution in [0.2, 0.25) is 0 Å². The van der Waals surface area contributed by atoms with Crippen LogP contribution in [0.3, 0.4) is 0 Å². The van der Waals surface area contributed by atoms with Gasteiger partial charge in [-0.15, -0.1) is 0 Å². The standard InChI is InChI=1S/C6H16NP/c1-3-5-8(7)6-4-2/h3-7H2,1-2H3. The Morgan fingerprint density at radius 1 is 1.12 bits per heavy atom. The Hall–Kier alpha value is 0.390. The van der Waals surface area contributed by atoms with E-state index in [1.807, 2.05) is 0 Å². The van der Waals surface area contributed by atoms with Gasteiger partial charge in [0.2, 0.25) is 0 Å². The summed E-state index contributed by atoms with van der Waals surface area (Å²) in [6, 6.07) is 0. The number of hydrogen-bond acceptors (Lipinski definition) is 1. The highest BCUT2D eigenvalue weighted by Crippen LogP contribution is 2.25. The SMILES string of the molecule is CCCP(N)CCC. The van der Waals surface area contributed by atoms with E-state index in [0.29, 0.717) is 0 Å². The van der Waals surface area contributed by atoms with Gasteiger partial charge < -0.3 is 5.50 Å². The highest BCUT2D eigenvalue weighted by molar-refractivity contribution is 7.55. The van der Waals surface area contributed by atoms with E-state index in [4.69, 9.17) is 5.50 Å². The third kappa shape index (κ3) is 4.55. The molecule has 0 atom stereocenters. The second-order valence-electron chi connectivity index (χ2n) is 2.04. The van der Waals surface area contributed by atoms with Crippen molar-refractivity contribution in [1.82, 2.24) is 0 Å². The number of hydrogen-bond donors (Lipinski definition) is 1. The van der Waals surface area contributed by atoms with Crippen LogP contribution in [0.15, 0.2) is 0 Å². The summed E-state index contributed by atoms with van der Waals surface area (Å²) in [6.45, 7) is 4.38. The van der Waals surface area contributed by atoms with Crippen molar-refractivity contribution in [3.63, 3.8) is 0 Å². The van der Waals surface area contributed by atoms with E-state index in [9.17, 15) is 0 Å². The largest absolute Gasteiger partial charge is 0.310 e. The molecule has 0 saturated carbocycles. The van der Waals surface area contributed by atoms with Crippen LogP contribution in [0.4, 0.5) is 0 Å². The summed E-state index contributed by atoms with van der Waals surface area (Å²) in [5.41, 5.74) is 5.76. The van der Waals surface area contributed by atoms with Gasteiger partial charge in [-0.05, 0) is 20.4 Å². The number of rotatable bonds is 4. The molecule has 0 bridgehead atoms. The first-order valence-corrected chi connectivity index (χ1v) is 5.09. The molecule has 2 heteroatoms. The van der Waals surface area contributed by atoms with Crippen LogP contribution in [0.5, 0.6) is 0 Å². The third-order valence-electron chi connectivity index (χ3n) is 1.02. The molecule has 0 aliphatic heterocycles. The van der Waals surface area contributed by atoms with Crippen LogP contribution in [-0.2, 0) is 0 Å². The normalized spacial score (nSPS) is 10.5. The van der Waals surface area contributed by atoms with Gasteiger partial charge in [-0.3, -0.25) is 0 Å². The summed E-state index contributed by atoms with van der Waals surface area (Å²) >= 11 is 0. The van der Waals surface area contributed by atoms with Crippen LogP contribution in [0, 0.1) is 0 Å². The van der Waals surface area contributed by atoms with E-state index in [1.54, 1.807) is 0 Å². The molecule has 0 saturated heterocycles. The molecule has 0 rings (SSSR count). The molecule has 1 nitrogen and oxygen atoms in total. The first kappa shape index (κ1) is 8.39. The summed E-state index contributed by atoms with van der Waals surface area (Å²) in [5.74, 6) is 0. The van der Waals surface area contributed by atoms with Gasteiger partial charge in [-0.2, -0.15) is 0 Å². The fourth-order valence-corrected chi connectivity index (χ4v) is 2.06. The Morgan fingerprint density at radius 2 is 1.50 bits per heavy atom. The smallest absolute Gasteiger partial charge is 0.0199 e. The van der Waals surface area contributed by atoms with Crippen molar-refractivity contribution < 1.29 is 0 Å². The Kier molecular flexibility index (Phi) is 5.79. The van der Waals surface area contributed by atoms with Crippen molar-refractivity contribution in [1.29, 1.82) is 0 Å². The quantitative estimate of drug-likeness (QED) is 0.584. The molecule has 0 radical (unpaired) electrons. The minimum atomic E-state index is -0.0808. The molecule has 0 amide bonds. The second kappa shape index (κ2) is 5.53. The zero-order chi connectivity index (χ0) is 6.41. The van der Waals surface area contributed by atoms with Gasteiger partial charge in [0.25, 0.3) is 0 Å². The molecule has 0 fully saturated rings. The van der Waals surface area contributed by atoms with Crippen molar-refractivity contribution in [3.8, 4) is 0 Å². The summed E-state index contributed by atoms with van der Waals surface area (Å²) < 4.78 is 0. The van der Waals surface area contributed by atoms with Crippen LogP contribution >= 0.6 is 8.07 Å². The van der Waals surface area contributed by atoms with E-state index >= 15 is 0 Å². The second-order valence-corrected chi connectivity index (χ2v) is 4.11. The van der Waals surface area contributed by atoms with Gasteiger partial charge in [0.15, 0.2) is 0 Å². The van der Waals surface area contributed by atoms with Crippen LogP contribution in [0.25, 0.3) is 0 Å². The van der Waals surface area contributed by atoms with Crippen molar-refractivity contribution in [2.75, 3.05) is 12.3 Å². The van der Waals surface area contributed by atoms with E-state index in [0.717, 1.165) is 0 Å². The molecule has 0 aliphatic carbocycles. The zero-order valence-corrected chi connectivity index (χ0v) is 6.75. The molecule has 0 aromatic heterocycles. The predicted octanol–water partition coefficient (Wildman–Crippen LogP) is 2.16. The lowest BCUT2D eigenvalue weighted by molar-refractivity contribution is 1.05. The average molecular weight is 133 g/mol. The summed E-state index contributed by atoms with van der Waals surface area (Å²) in [6.07, 6.45) is 5.01. The molecule has 0 aromatic rings. The lowest BCUT2D eigenvalue weighted by Gasteiger charge is -2.06. The van der Waals surface area contributed by atoms with Crippen molar-refractivity contribution >= 4 is 8.07 Å². The van der Waals surface area contributed by atoms with Crippen molar-refractivity contribution in [2.45, 2.75) is 26.7 Å². The van der Waals surface area contributed by atoms with Crippen LogP contribution < -0.4 is 5.50 Å². The molecule has 50 valence electrons. The molecule has 0 unspecified atom stereocenters. The maximum atomic E-state index is 5.76. The Bertz CT molecular complexity index is 41.8. The minimum absolute atomic E-state index is 0.0808. The van der Waals surface area contributed by atoms with Crippen LogP contribution in [0.1, 0.15) is 26.7 Å². The summed E-state index contributed by atoms with van der Waals surface area (Å²) in [7, 11) is -0.0808. The predicted molar refractivity (Wildman–Crippen MR) is 41.4 cm³/mol. The first-order chi connectivity index (χ1) is 3.81. The number of nitrogens with two attached hydrogens (primary N) is 1. The van der Waals surface area contributed by atoms with Crippen molar-refractivity contribution in [2.24, 2.45) is 5.50 Å². The van der Waals surface area contributed by atoms with Gasteiger partial charge >= 0.3 is 0 Å². The monoisotopic (exact) mass is 133 g/mol. The van der Waals surface area contributed by atoms with Gasteiger partial charge in [0, 0.05) is 0 Å². The fourth-order valence-electron chi connectivity index (χ4n) is 0.686. The summed E-state index contributed by atoms with van der Waals surface area (Å²) in [4.78, 5) is 0. The molecular weight excluding hydrogens is 117 g/mol. The fraction of sp³-hybridized carbons (Fsp3) is 1.00. The molecular formula is C6H16NP. The highest BCUT2D eigenvalue weighted by Gasteiger charge is 1.95. The molecule has 8 heavy (non-hydrogen) atoms. The third-order valence-corrected chi connectivity index (χ3v) is 3.06. The lowest BCUT2D eigenvalue weighted by atomic mass is 10.6. The van der Waals surface area contributed by atoms with Crippen molar-refractivity contribution in [3.05, 3.63) is 0 Å². The maximum Gasteiger partial charge on any atom is -0.0199 e. The van der Waals surface area contributed by atoms with E-state index < -0.39 is 0 Å². The first-order valence-electron chi connectivity index (χ1n) is 3.30. The Labute approximate surface area is 53.5 Å². The zero-order valence-electron chi connectivity index (χ0n) is 5.85. The topological polar surface area (TPSA) is 26.0 Å².